The Kier molecular flexibility index (Phi) is 6.28. The van der Waals surface area contributed by atoms with Gasteiger partial charge in [0.2, 0.25) is 0 Å². The second-order valence-corrected chi connectivity index (χ2v) is 7.20. The molecule has 1 heterocycles. The highest BCUT2D eigenvalue weighted by molar-refractivity contribution is 9.10. The topological polar surface area (TPSA) is 58.6 Å². The number of alkyl carbamates (subject to hydrolysis) is 1. The van der Waals surface area contributed by atoms with E-state index in [0.29, 0.717) is 18.7 Å². The van der Waals surface area contributed by atoms with Crippen LogP contribution in [0.15, 0.2) is 59.1 Å². The SMILES string of the molecule is O=C(NC1CCN(C(=O)c2ccc(Br)cc2)CC1)OCc1ccccc1. The van der Waals surface area contributed by atoms with Crippen LogP contribution in [0.4, 0.5) is 4.79 Å². The van der Waals surface area contributed by atoms with Gasteiger partial charge >= 0.3 is 6.09 Å². The summed E-state index contributed by atoms with van der Waals surface area (Å²) < 4.78 is 6.20. The van der Waals surface area contributed by atoms with Crippen LogP contribution < -0.4 is 5.32 Å². The number of benzene rings is 2. The summed E-state index contributed by atoms with van der Waals surface area (Å²) in [4.78, 5) is 26.3. The van der Waals surface area contributed by atoms with Gasteiger partial charge in [-0.1, -0.05) is 46.3 Å². The molecule has 136 valence electrons. The molecular formula is C20H21BrN2O3. The molecule has 1 aliphatic heterocycles. The summed E-state index contributed by atoms with van der Waals surface area (Å²) in [6.07, 6.45) is 1.04. The van der Waals surface area contributed by atoms with E-state index in [0.717, 1.165) is 22.9 Å². The number of rotatable bonds is 4. The monoisotopic (exact) mass is 416 g/mol. The van der Waals surface area contributed by atoms with E-state index >= 15 is 0 Å². The van der Waals surface area contributed by atoms with Crippen LogP contribution in [0.1, 0.15) is 28.8 Å². The fourth-order valence-electron chi connectivity index (χ4n) is 2.93. The lowest BCUT2D eigenvalue weighted by atomic mass is 10.0. The first-order valence-corrected chi connectivity index (χ1v) is 9.43. The Hall–Kier alpha value is -2.34. The molecule has 0 saturated carbocycles. The van der Waals surface area contributed by atoms with Crippen molar-refractivity contribution >= 4 is 27.9 Å². The molecule has 2 amide bonds. The van der Waals surface area contributed by atoms with Crippen molar-refractivity contribution in [2.45, 2.75) is 25.5 Å². The zero-order valence-electron chi connectivity index (χ0n) is 14.4. The van der Waals surface area contributed by atoms with E-state index in [1.807, 2.05) is 59.5 Å². The molecule has 1 aliphatic rings. The van der Waals surface area contributed by atoms with Crippen molar-refractivity contribution in [2.75, 3.05) is 13.1 Å². The molecular weight excluding hydrogens is 396 g/mol. The number of hydrogen-bond acceptors (Lipinski definition) is 3. The van der Waals surface area contributed by atoms with Crippen LogP contribution in [0.5, 0.6) is 0 Å². The summed E-state index contributed by atoms with van der Waals surface area (Å²) >= 11 is 3.37. The smallest absolute Gasteiger partial charge is 0.407 e. The summed E-state index contributed by atoms with van der Waals surface area (Å²) in [5, 5.41) is 2.89. The number of carbonyl (C=O) groups excluding carboxylic acids is 2. The number of halogens is 1. The molecule has 1 saturated heterocycles. The molecule has 0 atom stereocenters. The van der Waals surface area contributed by atoms with E-state index in [1.54, 1.807) is 0 Å². The van der Waals surface area contributed by atoms with Crippen LogP contribution in [-0.2, 0) is 11.3 Å². The number of carbonyl (C=O) groups is 2. The van der Waals surface area contributed by atoms with Gasteiger partial charge in [0.1, 0.15) is 6.61 Å². The van der Waals surface area contributed by atoms with Crippen molar-refractivity contribution in [1.82, 2.24) is 10.2 Å². The lowest BCUT2D eigenvalue weighted by Gasteiger charge is -2.32. The van der Waals surface area contributed by atoms with Crippen molar-refractivity contribution in [3.8, 4) is 0 Å². The van der Waals surface area contributed by atoms with Crippen molar-refractivity contribution in [3.63, 3.8) is 0 Å². The molecule has 0 aliphatic carbocycles. The molecule has 2 aromatic carbocycles. The zero-order valence-corrected chi connectivity index (χ0v) is 15.9. The second-order valence-electron chi connectivity index (χ2n) is 6.28. The fraction of sp³-hybridized carbons (Fsp3) is 0.300. The standard InChI is InChI=1S/C20H21BrN2O3/c21-17-8-6-16(7-9-17)19(24)23-12-10-18(11-13-23)22-20(25)26-14-15-4-2-1-3-5-15/h1-9,18H,10-14H2,(H,22,25). The van der Waals surface area contributed by atoms with Gasteiger partial charge in [-0.3, -0.25) is 4.79 Å². The maximum atomic E-state index is 12.5. The summed E-state index contributed by atoms with van der Waals surface area (Å²) in [6, 6.07) is 17.0. The molecule has 0 spiro atoms. The molecule has 0 aromatic heterocycles. The van der Waals surface area contributed by atoms with Crippen LogP contribution in [0.3, 0.4) is 0 Å². The third kappa shape index (κ3) is 5.08. The second kappa shape index (κ2) is 8.85. The van der Waals surface area contributed by atoms with Gasteiger partial charge in [0.25, 0.3) is 5.91 Å². The minimum absolute atomic E-state index is 0.0302. The van der Waals surface area contributed by atoms with Crippen LogP contribution >= 0.6 is 15.9 Å². The Bertz CT molecular complexity index is 741. The number of amides is 2. The molecule has 1 N–H and O–H groups in total. The highest BCUT2D eigenvalue weighted by atomic mass is 79.9. The number of piperidine rings is 1. The third-order valence-corrected chi connectivity index (χ3v) is 4.94. The zero-order chi connectivity index (χ0) is 18.4. The Labute approximate surface area is 161 Å². The van der Waals surface area contributed by atoms with E-state index in [9.17, 15) is 9.59 Å². The summed E-state index contributed by atoms with van der Waals surface area (Å²) in [6.45, 7) is 1.50. The molecule has 1 fully saturated rings. The Morgan fingerprint density at radius 3 is 2.35 bits per heavy atom. The molecule has 3 rings (SSSR count). The van der Waals surface area contributed by atoms with E-state index in [4.69, 9.17) is 4.74 Å². The molecule has 5 nitrogen and oxygen atoms in total. The molecule has 26 heavy (non-hydrogen) atoms. The van der Waals surface area contributed by atoms with Crippen molar-refractivity contribution in [1.29, 1.82) is 0 Å². The predicted molar refractivity (Wildman–Crippen MR) is 103 cm³/mol. The van der Waals surface area contributed by atoms with Gasteiger partial charge in [-0.05, 0) is 42.7 Å². The van der Waals surface area contributed by atoms with E-state index in [1.165, 1.54) is 0 Å². The van der Waals surface area contributed by atoms with E-state index < -0.39 is 6.09 Å². The van der Waals surface area contributed by atoms with Crippen LogP contribution in [0, 0.1) is 0 Å². The minimum atomic E-state index is -0.411. The van der Waals surface area contributed by atoms with Gasteiger partial charge in [-0.25, -0.2) is 4.79 Å². The first-order chi connectivity index (χ1) is 12.6. The number of likely N-dealkylation sites (tertiary alicyclic amines) is 1. The van der Waals surface area contributed by atoms with Gasteiger partial charge < -0.3 is 15.0 Å². The summed E-state index contributed by atoms with van der Waals surface area (Å²) in [5.41, 5.74) is 1.64. The predicted octanol–water partition coefficient (Wildman–Crippen LogP) is 3.98. The number of nitrogens with zero attached hydrogens (tertiary/aromatic N) is 1. The van der Waals surface area contributed by atoms with Crippen LogP contribution in [0.25, 0.3) is 0 Å². The maximum Gasteiger partial charge on any atom is 0.407 e. The third-order valence-electron chi connectivity index (χ3n) is 4.41. The number of hydrogen-bond donors (Lipinski definition) is 1. The molecule has 0 bridgehead atoms. The van der Waals surface area contributed by atoms with Gasteiger partial charge in [-0.2, -0.15) is 0 Å². The van der Waals surface area contributed by atoms with Crippen molar-refractivity contribution in [2.24, 2.45) is 0 Å². The molecule has 6 heteroatoms. The highest BCUT2D eigenvalue weighted by Gasteiger charge is 2.24. The Balaban J connectivity index is 1.42. The largest absolute Gasteiger partial charge is 0.445 e. The minimum Gasteiger partial charge on any atom is -0.445 e. The molecule has 2 aromatic rings. The maximum absolute atomic E-state index is 12.5. The Morgan fingerprint density at radius 2 is 1.69 bits per heavy atom. The average molecular weight is 417 g/mol. The van der Waals surface area contributed by atoms with Gasteiger partial charge in [-0.15, -0.1) is 0 Å². The number of nitrogens with one attached hydrogen (secondary N) is 1. The van der Waals surface area contributed by atoms with E-state index in [-0.39, 0.29) is 18.6 Å². The van der Waals surface area contributed by atoms with Gasteiger partial charge in [0, 0.05) is 29.2 Å². The Morgan fingerprint density at radius 1 is 1.04 bits per heavy atom. The lowest BCUT2D eigenvalue weighted by molar-refractivity contribution is 0.0701. The summed E-state index contributed by atoms with van der Waals surface area (Å²) in [5.74, 6) is 0.0302. The first-order valence-electron chi connectivity index (χ1n) is 8.64. The van der Waals surface area contributed by atoms with Gasteiger partial charge in [0.05, 0.1) is 0 Å². The fourth-order valence-corrected chi connectivity index (χ4v) is 3.20. The highest BCUT2D eigenvalue weighted by Crippen LogP contribution is 2.16. The molecule has 0 unspecified atom stereocenters. The number of ether oxygens (including phenoxy) is 1. The van der Waals surface area contributed by atoms with Crippen LogP contribution in [0.2, 0.25) is 0 Å². The van der Waals surface area contributed by atoms with Gasteiger partial charge in [0.15, 0.2) is 0 Å². The normalized spacial score (nSPS) is 14.7. The van der Waals surface area contributed by atoms with Crippen molar-refractivity contribution in [3.05, 3.63) is 70.2 Å². The lowest BCUT2D eigenvalue weighted by Crippen LogP contribution is -2.46. The quantitative estimate of drug-likeness (QED) is 0.819. The first kappa shape index (κ1) is 18.5. The van der Waals surface area contributed by atoms with E-state index in [2.05, 4.69) is 21.2 Å². The average Bonchev–Trinajstić information content (AvgIpc) is 2.68. The summed E-state index contributed by atoms with van der Waals surface area (Å²) in [7, 11) is 0. The van der Waals surface area contributed by atoms with Crippen molar-refractivity contribution < 1.29 is 14.3 Å². The molecule has 0 radical (unpaired) electrons. The van der Waals surface area contributed by atoms with Crippen LogP contribution in [-0.4, -0.2) is 36.0 Å².